The van der Waals surface area contributed by atoms with E-state index in [1.807, 2.05) is 0 Å². The van der Waals surface area contributed by atoms with Crippen LogP contribution in [0.1, 0.15) is 63.4 Å². The van der Waals surface area contributed by atoms with Crippen molar-refractivity contribution in [1.29, 1.82) is 0 Å². The average molecular weight is 510 g/mol. The van der Waals surface area contributed by atoms with Gasteiger partial charge in [-0.2, -0.15) is 0 Å². The van der Waals surface area contributed by atoms with Crippen molar-refractivity contribution >= 4 is 23.8 Å². The number of nitrogens with zero attached hydrogens (tertiary/aromatic N) is 1. The van der Waals surface area contributed by atoms with Crippen molar-refractivity contribution in [2.75, 3.05) is 19.9 Å². The molecule has 1 aromatic rings. The van der Waals surface area contributed by atoms with Crippen LogP contribution >= 0.6 is 7.82 Å². The summed E-state index contributed by atoms with van der Waals surface area (Å²) < 4.78 is 60.9. The van der Waals surface area contributed by atoms with Gasteiger partial charge in [0.1, 0.15) is 30.1 Å². The van der Waals surface area contributed by atoms with Crippen LogP contribution in [-0.4, -0.2) is 67.1 Å². The van der Waals surface area contributed by atoms with Crippen LogP contribution in [0.5, 0.6) is 5.75 Å². The van der Waals surface area contributed by atoms with E-state index in [9.17, 15) is 22.9 Å². The standard InChI is InChI=1S/C20H32NO10PS/c1-12(2)17-7-16(28-10-15(23)9-22)8-18-19(17)20(24)21(33(18,26)27)11-29-32(25,30-13(3)4)31-14(5)6/h7-8,12-15,22-23H,9-11H2,1-6H3. The first-order valence-electron chi connectivity index (χ1n) is 10.5. The first-order chi connectivity index (χ1) is 15.2. The molecule has 2 rings (SSSR count). The zero-order valence-corrected chi connectivity index (χ0v) is 21.3. The normalized spacial score (nSPS) is 16.7. The summed E-state index contributed by atoms with van der Waals surface area (Å²) in [5.41, 5.74) is 0.380. The lowest BCUT2D eigenvalue weighted by Gasteiger charge is -2.24. The molecule has 0 bridgehead atoms. The minimum atomic E-state index is -4.36. The lowest BCUT2D eigenvalue weighted by molar-refractivity contribution is 0.0496. The number of carbonyl (C=O) groups is 1. The van der Waals surface area contributed by atoms with Crippen molar-refractivity contribution in [3.63, 3.8) is 0 Å². The molecule has 1 aromatic carbocycles. The Hall–Kier alpha value is -1.53. The van der Waals surface area contributed by atoms with Gasteiger partial charge in [0.2, 0.25) is 0 Å². The summed E-state index contributed by atoms with van der Waals surface area (Å²) in [4.78, 5) is 12.8. The van der Waals surface area contributed by atoms with E-state index in [1.54, 1.807) is 41.5 Å². The highest BCUT2D eigenvalue weighted by Gasteiger charge is 2.45. The number of carbonyl (C=O) groups excluding carboxylic acids is 1. The Morgan fingerprint density at radius 1 is 1.06 bits per heavy atom. The molecular weight excluding hydrogens is 477 g/mol. The third-order valence-corrected chi connectivity index (χ3v) is 7.92. The summed E-state index contributed by atoms with van der Waals surface area (Å²) in [7, 11) is -8.53. The predicted octanol–water partition coefficient (Wildman–Crippen LogP) is 2.62. The summed E-state index contributed by atoms with van der Waals surface area (Å²) in [5, 5.41) is 18.5. The van der Waals surface area contributed by atoms with E-state index in [2.05, 4.69) is 0 Å². The smallest absolute Gasteiger partial charge is 0.477 e. The Labute approximate surface area is 194 Å². The van der Waals surface area contributed by atoms with Gasteiger partial charge in [0.15, 0.2) is 0 Å². The Morgan fingerprint density at radius 2 is 1.64 bits per heavy atom. The van der Waals surface area contributed by atoms with E-state index in [0.29, 0.717) is 9.87 Å². The van der Waals surface area contributed by atoms with Crippen LogP contribution in [-0.2, 0) is 28.2 Å². The van der Waals surface area contributed by atoms with E-state index in [0.717, 1.165) is 0 Å². The molecule has 13 heteroatoms. The summed E-state index contributed by atoms with van der Waals surface area (Å²) in [6.07, 6.45) is -2.24. The summed E-state index contributed by atoms with van der Waals surface area (Å²) >= 11 is 0. The molecule has 1 heterocycles. The molecule has 0 aliphatic carbocycles. The number of sulfonamides is 1. The number of hydrogen-bond acceptors (Lipinski definition) is 10. The van der Waals surface area contributed by atoms with Crippen LogP contribution in [0.2, 0.25) is 0 Å². The number of aliphatic hydroxyl groups excluding tert-OH is 2. The molecular formula is C20H32NO10PS. The number of aliphatic hydroxyl groups is 2. The molecule has 1 aliphatic rings. The monoisotopic (exact) mass is 509 g/mol. The first-order valence-corrected chi connectivity index (χ1v) is 13.4. The maximum absolute atomic E-state index is 13.2. The zero-order valence-electron chi connectivity index (χ0n) is 19.5. The number of hydrogen-bond donors (Lipinski definition) is 2. The third kappa shape index (κ3) is 6.54. The van der Waals surface area contributed by atoms with E-state index >= 15 is 0 Å². The molecule has 2 N–H and O–H groups in total. The van der Waals surface area contributed by atoms with Crippen LogP contribution in [0.25, 0.3) is 0 Å². The van der Waals surface area contributed by atoms with Crippen LogP contribution in [0.4, 0.5) is 0 Å². The molecule has 0 aromatic heterocycles. The SMILES string of the molecule is CC(C)OP(=O)(OCN1C(=O)c2c(C(C)C)cc(OCC(O)CO)cc2S1(=O)=O)OC(C)C. The first kappa shape index (κ1) is 27.7. The molecule has 188 valence electrons. The van der Waals surface area contributed by atoms with Crippen molar-refractivity contribution in [3.05, 3.63) is 23.3 Å². The van der Waals surface area contributed by atoms with Crippen LogP contribution in [0.15, 0.2) is 17.0 Å². The zero-order chi connectivity index (χ0) is 25.1. The van der Waals surface area contributed by atoms with Gasteiger partial charge in [0.25, 0.3) is 15.9 Å². The van der Waals surface area contributed by atoms with Crippen LogP contribution in [0, 0.1) is 0 Å². The minimum Gasteiger partial charge on any atom is -0.491 e. The summed E-state index contributed by atoms with van der Waals surface area (Å²) in [6.45, 7) is 8.33. The number of fused-ring (bicyclic) bond motifs is 1. The van der Waals surface area contributed by atoms with Gasteiger partial charge < -0.3 is 14.9 Å². The molecule has 0 saturated carbocycles. The molecule has 0 spiro atoms. The second-order valence-electron chi connectivity index (χ2n) is 8.36. The van der Waals surface area contributed by atoms with E-state index in [4.69, 9.17) is 23.4 Å². The van der Waals surface area contributed by atoms with Crippen molar-refractivity contribution in [3.8, 4) is 5.75 Å². The lowest BCUT2D eigenvalue weighted by atomic mass is 9.96. The number of amides is 1. The number of benzene rings is 1. The quantitative estimate of drug-likeness (QED) is 0.403. The van der Waals surface area contributed by atoms with Gasteiger partial charge in [-0.3, -0.25) is 18.4 Å². The predicted molar refractivity (Wildman–Crippen MR) is 118 cm³/mol. The van der Waals surface area contributed by atoms with Crippen molar-refractivity contribution in [1.82, 2.24) is 4.31 Å². The molecule has 1 unspecified atom stereocenters. The average Bonchev–Trinajstić information content (AvgIpc) is 2.88. The molecule has 0 saturated heterocycles. The molecule has 11 nitrogen and oxygen atoms in total. The van der Waals surface area contributed by atoms with Crippen molar-refractivity contribution in [2.24, 2.45) is 0 Å². The highest BCUT2D eigenvalue weighted by atomic mass is 32.2. The largest absolute Gasteiger partial charge is 0.491 e. The molecule has 1 amide bonds. The van der Waals surface area contributed by atoms with Gasteiger partial charge in [0, 0.05) is 6.07 Å². The van der Waals surface area contributed by atoms with Gasteiger partial charge in [-0.25, -0.2) is 17.3 Å². The molecule has 33 heavy (non-hydrogen) atoms. The van der Waals surface area contributed by atoms with Gasteiger partial charge in [-0.15, -0.1) is 0 Å². The van der Waals surface area contributed by atoms with E-state index in [-0.39, 0.29) is 28.7 Å². The second-order valence-corrected chi connectivity index (χ2v) is 11.8. The van der Waals surface area contributed by atoms with Gasteiger partial charge >= 0.3 is 7.82 Å². The molecule has 1 atom stereocenters. The topological polar surface area (TPSA) is 149 Å². The fourth-order valence-electron chi connectivity index (χ4n) is 3.03. The third-order valence-electron chi connectivity index (χ3n) is 4.40. The number of ether oxygens (including phenoxy) is 1. The highest BCUT2D eigenvalue weighted by molar-refractivity contribution is 7.90. The van der Waals surface area contributed by atoms with Crippen molar-refractivity contribution in [2.45, 2.75) is 70.7 Å². The Bertz CT molecular complexity index is 994. The maximum Gasteiger partial charge on any atom is 0.477 e. The summed E-state index contributed by atoms with van der Waals surface area (Å²) in [6, 6.07) is 2.69. The number of rotatable bonds is 12. The molecule has 0 fully saturated rings. The highest BCUT2D eigenvalue weighted by Crippen LogP contribution is 2.52. The minimum absolute atomic E-state index is 0.0342. The van der Waals surface area contributed by atoms with Gasteiger partial charge in [-0.05, 0) is 45.2 Å². The van der Waals surface area contributed by atoms with Gasteiger partial charge in [0.05, 0.1) is 24.4 Å². The maximum atomic E-state index is 13.2. The molecule has 0 radical (unpaired) electrons. The Kier molecular flexibility index (Phi) is 9.08. The lowest BCUT2D eigenvalue weighted by Crippen LogP contribution is -2.32. The van der Waals surface area contributed by atoms with Crippen molar-refractivity contribution < 1.29 is 46.3 Å². The van der Waals surface area contributed by atoms with E-state index in [1.165, 1.54) is 12.1 Å². The fourth-order valence-corrected chi connectivity index (χ4v) is 6.04. The van der Waals surface area contributed by atoms with Gasteiger partial charge in [-0.1, -0.05) is 13.8 Å². The number of phosphoric acid groups is 1. The summed E-state index contributed by atoms with van der Waals surface area (Å²) in [5.74, 6) is -0.970. The molecule has 1 aliphatic heterocycles. The second kappa shape index (κ2) is 10.8. The Balaban J connectivity index is 2.40. The fraction of sp³-hybridized carbons (Fsp3) is 0.650. The number of phosphoric ester groups is 1. The Morgan fingerprint density at radius 3 is 2.12 bits per heavy atom. The van der Waals surface area contributed by atoms with Crippen LogP contribution < -0.4 is 4.74 Å². The van der Waals surface area contributed by atoms with E-state index < -0.39 is 55.4 Å². The van der Waals surface area contributed by atoms with Crippen LogP contribution in [0.3, 0.4) is 0 Å².